The molecule has 0 amide bonds. The van der Waals surface area contributed by atoms with Crippen molar-refractivity contribution in [3.05, 3.63) is 0 Å². The van der Waals surface area contributed by atoms with Crippen molar-refractivity contribution in [2.24, 2.45) is 5.92 Å². The summed E-state index contributed by atoms with van der Waals surface area (Å²) in [7, 11) is -1.60. The normalized spacial score (nSPS) is 37.8. The highest BCUT2D eigenvalue weighted by atomic mass is 28.3. The molecule has 0 radical (unpaired) electrons. The molecule has 32 heavy (non-hydrogen) atoms. The zero-order chi connectivity index (χ0) is 23.3. The lowest BCUT2D eigenvalue weighted by Crippen LogP contribution is -2.50. The van der Waals surface area contributed by atoms with Crippen LogP contribution < -0.4 is 0 Å². The number of hydroxylamine groups is 2. The van der Waals surface area contributed by atoms with Gasteiger partial charge in [0.15, 0.2) is 17.8 Å². The van der Waals surface area contributed by atoms with E-state index >= 15 is 0 Å². The predicted molar refractivity (Wildman–Crippen MR) is 123 cm³/mol. The summed E-state index contributed by atoms with van der Waals surface area (Å²) in [5.74, 6) is 2.36. The van der Waals surface area contributed by atoms with Gasteiger partial charge in [-0.15, -0.1) is 10.6 Å². The first-order valence-corrected chi connectivity index (χ1v) is 15.7. The SMILES string of the molecule is CC1(C)O[C@H]2[C@@H]([C@H]3COC(C)(C)O3)O[C@H](N(O)[C@@H](C#C[Si](C)(C)C)C3CCCCC3)[C@H]2O1. The van der Waals surface area contributed by atoms with E-state index in [4.69, 9.17) is 23.7 Å². The number of nitrogens with zero attached hydrogens (tertiary/aromatic N) is 1. The number of fused-ring (bicyclic) bond motifs is 1. The maximum Gasteiger partial charge on any atom is 0.164 e. The van der Waals surface area contributed by atoms with E-state index in [2.05, 4.69) is 31.1 Å². The average Bonchev–Trinajstić information content (AvgIpc) is 3.31. The first-order valence-electron chi connectivity index (χ1n) is 12.2. The molecule has 0 aromatic rings. The third-order valence-corrected chi connectivity index (χ3v) is 7.59. The number of hydrogen-bond acceptors (Lipinski definition) is 7. The van der Waals surface area contributed by atoms with E-state index in [0.717, 1.165) is 12.8 Å². The minimum atomic E-state index is -1.60. The van der Waals surface area contributed by atoms with Crippen molar-refractivity contribution in [2.75, 3.05) is 6.61 Å². The van der Waals surface area contributed by atoms with Crippen LogP contribution in [0, 0.1) is 17.4 Å². The zero-order valence-corrected chi connectivity index (χ0v) is 21.7. The molecule has 1 aliphatic carbocycles. The van der Waals surface area contributed by atoms with Crippen molar-refractivity contribution in [3.8, 4) is 11.5 Å². The lowest BCUT2D eigenvalue weighted by Gasteiger charge is -2.36. The van der Waals surface area contributed by atoms with E-state index in [0.29, 0.717) is 12.5 Å². The molecule has 7 nitrogen and oxygen atoms in total. The van der Waals surface area contributed by atoms with Gasteiger partial charge in [0.05, 0.1) is 6.61 Å². The van der Waals surface area contributed by atoms with E-state index in [1.54, 1.807) is 0 Å². The van der Waals surface area contributed by atoms with E-state index in [9.17, 15) is 5.21 Å². The largest absolute Gasteiger partial charge is 0.349 e. The first kappa shape index (κ1) is 24.6. The van der Waals surface area contributed by atoms with Gasteiger partial charge in [-0.3, -0.25) is 0 Å². The molecular weight excluding hydrogens is 426 g/mol. The lowest BCUT2D eigenvalue weighted by atomic mass is 9.84. The average molecular weight is 468 g/mol. The summed E-state index contributed by atoms with van der Waals surface area (Å²) in [4.78, 5) is 0. The molecule has 4 fully saturated rings. The summed E-state index contributed by atoms with van der Waals surface area (Å²) in [6, 6.07) is -0.282. The smallest absolute Gasteiger partial charge is 0.164 e. The maximum atomic E-state index is 11.6. The van der Waals surface area contributed by atoms with Crippen LogP contribution in [-0.4, -0.2) is 73.2 Å². The van der Waals surface area contributed by atoms with E-state index in [-0.39, 0.29) is 24.4 Å². The fourth-order valence-corrected chi connectivity index (χ4v) is 5.88. The lowest BCUT2D eigenvalue weighted by molar-refractivity contribution is -0.282. The van der Waals surface area contributed by atoms with Crippen LogP contribution in [0.5, 0.6) is 0 Å². The fourth-order valence-electron chi connectivity index (χ4n) is 5.30. The van der Waals surface area contributed by atoms with Crippen molar-refractivity contribution in [3.63, 3.8) is 0 Å². The molecule has 0 aromatic heterocycles. The van der Waals surface area contributed by atoms with Gasteiger partial charge in [-0.25, -0.2) is 0 Å². The second-order valence-electron chi connectivity index (χ2n) is 11.7. The van der Waals surface area contributed by atoms with Crippen LogP contribution in [0.1, 0.15) is 59.8 Å². The molecule has 3 heterocycles. The Morgan fingerprint density at radius 2 is 1.56 bits per heavy atom. The minimum absolute atomic E-state index is 0.282. The standard InChI is InChI=1S/C24H41NO6Si/c1-23(2)27-15-18(29-23)19-20-21(31-24(3,4)30-20)22(28-19)25(26)17(13-14-32(5,6)7)16-11-9-8-10-12-16/h16-22,26H,8-12,15H2,1-7H3/t17-,18+,19+,20-,21-,22-/m0/s1. The van der Waals surface area contributed by atoms with Crippen LogP contribution >= 0.6 is 0 Å². The fraction of sp³-hybridized carbons (Fsp3) is 0.917. The van der Waals surface area contributed by atoms with Crippen molar-refractivity contribution >= 4 is 8.07 Å². The minimum Gasteiger partial charge on any atom is -0.349 e. The van der Waals surface area contributed by atoms with Gasteiger partial charge < -0.3 is 28.9 Å². The molecule has 8 heteroatoms. The van der Waals surface area contributed by atoms with Crippen LogP contribution in [-0.2, 0) is 23.7 Å². The van der Waals surface area contributed by atoms with E-state index < -0.39 is 32.0 Å². The molecular formula is C24H41NO6Si. The van der Waals surface area contributed by atoms with Crippen LogP contribution in [0.2, 0.25) is 19.6 Å². The van der Waals surface area contributed by atoms with E-state index in [1.165, 1.54) is 24.3 Å². The highest BCUT2D eigenvalue weighted by Gasteiger charge is 2.61. The maximum absolute atomic E-state index is 11.6. The van der Waals surface area contributed by atoms with Gasteiger partial charge in [0.2, 0.25) is 0 Å². The molecule has 4 aliphatic rings. The second-order valence-corrected chi connectivity index (χ2v) is 16.4. The van der Waals surface area contributed by atoms with Crippen molar-refractivity contribution in [1.29, 1.82) is 0 Å². The van der Waals surface area contributed by atoms with Gasteiger partial charge in [0, 0.05) is 0 Å². The predicted octanol–water partition coefficient (Wildman–Crippen LogP) is 3.90. The summed E-state index contributed by atoms with van der Waals surface area (Å²) in [6.45, 7) is 14.7. The third kappa shape index (κ3) is 5.42. The van der Waals surface area contributed by atoms with Crippen molar-refractivity contribution in [2.45, 2.75) is 128 Å². The molecule has 4 rings (SSSR count). The molecule has 1 N–H and O–H groups in total. The molecule has 3 aliphatic heterocycles. The molecule has 0 spiro atoms. The molecule has 1 saturated carbocycles. The van der Waals surface area contributed by atoms with Crippen LogP contribution in [0.15, 0.2) is 0 Å². The summed E-state index contributed by atoms with van der Waals surface area (Å²) in [5, 5.41) is 12.9. The monoisotopic (exact) mass is 467 g/mol. The van der Waals surface area contributed by atoms with Crippen molar-refractivity contribution in [1.82, 2.24) is 5.06 Å². The Labute approximate surface area is 194 Å². The Balaban J connectivity index is 1.59. The Morgan fingerprint density at radius 1 is 0.906 bits per heavy atom. The van der Waals surface area contributed by atoms with Gasteiger partial charge in [0.25, 0.3) is 0 Å². The Morgan fingerprint density at radius 3 is 2.16 bits per heavy atom. The van der Waals surface area contributed by atoms with Crippen LogP contribution in [0.25, 0.3) is 0 Å². The third-order valence-electron chi connectivity index (χ3n) is 6.70. The Bertz CT molecular complexity index is 735. The van der Waals surface area contributed by atoms with Crippen LogP contribution in [0.3, 0.4) is 0 Å². The molecule has 0 aromatic carbocycles. The quantitative estimate of drug-likeness (QED) is 0.382. The molecule has 0 unspecified atom stereocenters. The second kappa shape index (κ2) is 8.93. The Hall–Kier alpha value is -0.503. The summed E-state index contributed by atoms with van der Waals surface area (Å²) in [5.41, 5.74) is 3.49. The van der Waals surface area contributed by atoms with Gasteiger partial charge >= 0.3 is 0 Å². The highest BCUT2D eigenvalue weighted by Crippen LogP contribution is 2.44. The van der Waals surface area contributed by atoms with E-state index in [1.807, 2.05) is 27.7 Å². The van der Waals surface area contributed by atoms with Crippen LogP contribution in [0.4, 0.5) is 0 Å². The zero-order valence-electron chi connectivity index (χ0n) is 20.7. The van der Waals surface area contributed by atoms with Gasteiger partial charge in [0.1, 0.15) is 38.5 Å². The molecule has 6 atom stereocenters. The summed E-state index contributed by atoms with van der Waals surface area (Å²) >= 11 is 0. The summed E-state index contributed by atoms with van der Waals surface area (Å²) in [6.07, 6.45) is 3.65. The molecule has 3 saturated heterocycles. The summed E-state index contributed by atoms with van der Waals surface area (Å²) < 4.78 is 30.8. The van der Waals surface area contributed by atoms with Gasteiger partial charge in [-0.05, 0) is 46.5 Å². The molecule has 0 bridgehead atoms. The molecule has 182 valence electrons. The Kier molecular flexibility index (Phi) is 6.87. The van der Waals surface area contributed by atoms with Gasteiger partial charge in [-0.2, -0.15) is 0 Å². The number of rotatable bonds is 4. The topological polar surface area (TPSA) is 69.6 Å². The number of hydrogen-bond donors (Lipinski definition) is 1. The highest BCUT2D eigenvalue weighted by molar-refractivity contribution is 6.83. The number of ether oxygens (including phenoxy) is 5. The van der Waals surface area contributed by atoms with Crippen molar-refractivity contribution < 1.29 is 28.9 Å². The first-order chi connectivity index (χ1) is 14.9. The van der Waals surface area contributed by atoms with Gasteiger partial charge in [-0.1, -0.05) is 44.8 Å².